The zero-order valence-corrected chi connectivity index (χ0v) is 15.0. The van der Waals surface area contributed by atoms with E-state index in [0.717, 1.165) is 30.8 Å². The molecule has 1 aliphatic heterocycles. The van der Waals surface area contributed by atoms with E-state index in [1.54, 1.807) is 12.1 Å². The molecule has 1 saturated heterocycles. The van der Waals surface area contributed by atoms with Crippen molar-refractivity contribution in [3.63, 3.8) is 0 Å². The molecule has 1 amide bonds. The highest BCUT2D eigenvalue weighted by atomic mass is 32.2. The fourth-order valence-corrected chi connectivity index (χ4v) is 4.15. The number of nitrogens with zero attached hydrogens (tertiary/aromatic N) is 1. The van der Waals surface area contributed by atoms with Gasteiger partial charge in [-0.05, 0) is 55.2 Å². The van der Waals surface area contributed by atoms with E-state index in [2.05, 4.69) is 12.1 Å². The van der Waals surface area contributed by atoms with E-state index in [1.165, 1.54) is 11.0 Å². The predicted molar refractivity (Wildman–Crippen MR) is 99.3 cm³/mol. The minimum Gasteiger partial charge on any atom is -0.478 e. The first-order chi connectivity index (χ1) is 12.0. The molecule has 0 spiro atoms. The van der Waals surface area contributed by atoms with Gasteiger partial charge in [-0.15, -0.1) is 11.8 Å². The highest BCUT2D eigenvalue weighted by Gasteiger charge is 2.27. The number of amides is 1. The third-order valence-electron chi connectivity index (χ3n) is 4.37. The summed E-state index contributed by atoms with van der Waals surface area (Å²) in [6.07, 6.45) is 0.989. The van der Waals surface area contributed by atoms with Gasteiger partial charge in [0.25, 0.3) is 5.91 Å². The number of aryl methyl sites for hydroxylation is 1. The number of hydrogen-bond donors (Lipinski definition) is 1. The van der Waals surface area contributed by atoms with Gasteiger partial charge in [0.1, 0.15) is 0 Å². The number of likely N-dealkylation sites (tertiary alicyclic amines) is 1. The highest BCUT2D eigenvalue weighted by molar-refractivity contribution is 7.99. The Morgan fingerprint density at radius 3 is 2.60 bits per heavy atom. The van der Waals surface area contributed by atoms with Crippen molar-refractivity contribution < 1.29 is 14.7 Å². The standard InChI is InChI=1S/C20H21NO3S/c1-14-9-16(11-17(10-14)20(23)24)19(22)21-8-7-15(12-21)13-25-18-5-3-2-4-6-18/h2-6,9-11,15H,7-8,12-13H2,1H3,(H,23,24). The van der Waals surface area contributed by atoms with Crippen LogP contribution in [0, 0.1) is 12.8 Å². The average molecular weight is 355 g/mol. The summed E-state index contributed by atoms with van der Waals surface area (Å²) in [6.45, 7) is 3.27. The Labute approximate surface area is 151 Å². The SMILES string of the molecule is Cc1cc(C(=O)O)cc(C(=O)N2CCC(CSc3ccccc3)C2)c1. The van der Waals surface area contributed by atoms with Gasteiger partial charge in [-0.3, -0.25) is 4.79 Å². The number of rotatable bonds is 5. The summed E-state index contributed by atoms with van der Waals surface area (Å²) >= 11 is 1.82. The van der Waals surface area contributed by atoms with Crippen LogP contribution in [-0.4, -0.2) is 40.7 Å². The lowest BCUT2D eigenvalue weighted by atomic mass is 10.1. The number of aromatic carboxylic acids is 1. The summed E-state index contributed by atoms with van der Waals surface area (Å²) in [5.74, 6) is 0.384. The minimum atomic E-state index is -1.00. The molecule has 0 aromatic heterocycles. The second-order valence-corrected chi connectivity index (χ2v) is 7.52. The second kappa shape index (κ2) is 7.74. The number of carboxylic acid groups (broad SMARTS) is 1. The van der Waals surface area contributed by atoms with E-state index in [-0.39, 0.29) is 11.5 Å². The van der Waals surface area contributed by atoms with Crippen LogP contribution in [0.25, 0.3) is 0 Å². The van der Waals surface area contributed by atoms with Crippen LogP contribution in [0.2, 0.25) is 0 Å². The average Bonchev–Trinajstić information content (AvgIpc) is 3.08. The molecular weight excluding hydrogens is 334 g/mol. The lowest BCUT2D eigenvalue weighted by molar-refractivity contribution is 0.0696. The molecule has 1 N–H and O–H groups in total. The van der Waals surface area contributed by atoms with Gasteiger partial charge < -0.3 is 10.0 Å². The number of carboxylic acids is 1. The van der Waals surface area contributed by atoms with Crippen molar-refractivity contribution in [3.8, 4) is 0 Å². The largest absolute Gasteiger partial charge is 0.478 e. The summed E-state index contributed by atoms with van der Waals surface area (Å²) in [4.78, 5) is 27.0. The van der Waals surface area contributed by atoms with Crippen LogP contribution < -0.4 is 0 Å². The molecule has 1 heterocycles. The number of thioether (sulfide) groups is 1. The fraction of sp³-hybridized carbons (Fsp3) is 0.300. The first kappa shape index (κ1) is 17.5. The Hall–Kier alpha value is -2.27. The Bertz CT molecular complexity index is 776. The zero-order valence-electron chi connectivity index (χ0n) is 14.1. The first-order valence-electron chi connectivity index (χ1n) is 8.35. The van der Waals surface area contributed by atoms with Crippen molar-refractivity contribution in [2.45, 2.75) is 18.2 Å². The Morgan fingerprint density at radius 1 is 1.16 bits per heavy atom. The van der Waals surface area contributed by atoms with Crippen LogP contribution in [-0.2, 0) is 0 Å². The monoisotopic (exact) mass is 355 g/mol. The van der Waals surface area contributed by atoms with Crippen molar-refractivity contribution in [3.05, 3.63) is 65.2 Å². The first-order valence-corrected chi connectivity index (χ1v) is 9.33. The normalized spacial score (nSPS) is 16.8. The summed E-state index contributed by atoms with van der Waals surface area (Å²) in [5.41, 5.74) is 1.42. The number of carbonyl (C=O) groups is 2. The topological polar surface area (TPSA) is 57.6 Å². The third kappa shape index (κ3) is 4.42. The molecule has 1 unspecified atom stereocenters. The maximum Gasteiger partial charge on any atom is 0.335 e. The molecule has 3 rings (SSSR count). The summed E-state index contributed by atoms with van der Waals surface area (Å²) in [6, 6.07) is 15.1. The van der Waals surface area contributed by atoms with Gasteiger partial charge in [-0.2, -0.15) is 0 Å². The van der Waals surface area contributed by atoms with E-state index in [0.29, 0.717) is 11.5 Å². The quantitative estimate of drug-likeness (QED) is 0.825. The summed E-state index contributed by atoms with van der Waals surface area (Å²) in [7, 11) is 0. The molecule has 25 heavy (non-hydrogen) atoms. The summed E-state index contributed by atoms with van der Waals surface area (Å²) in [5, 5.41) is 9.17. The van der Waals surface area contributed by atoms with Crippen molar-refractivity contribution in [2.75, 3.05) is 18.8 Å². The van der Waals surface area contributed by atoms with Crippen LogP contribution in [0.5, 0.6) is 0 Å². The third-order valence-corrected chi connectivity index (χ3v) is 5.62. The molecule has 0 saturated carbocycles. The van der Waals surface area contributed by atoms with Gasteiger partial charge in [0, 0.05) is 29.3 Å². The fourth-order valence-electron chi connectivity index (χ4n) is 3.10. The van der Waals surface area contributed by atoms with Gasteiger partial charge >= 0.3 is 5.97 Å². The molecule has 5 heteroatoms. The minimum absolute atomic E-state index is 0.0709. The smallest absolute Gasteiger partial charge is 0.335 e. The van der Waals surface area contributed by atoms with Gasteiger partial charge in [0.15, 0.2) is 0 Å². The Kier molecular flexibility index (Phi) is 5.43. The highest BCUT2D eigenvalue weighted by Crippen LogP contribution is 2.27. The van der Waals surface area contributed by atoms with E-state index >= 15 is 0 Å². The van der Waals surface area contributed by atoms with Crippen LogP contribution in [0.3, 0.4) is 0 Å². The van der Waals surface area contributed by atoms with Crippen LogP contribution in [0.15, 0.2) is 53.4 Å². The Balaban J connectivity index is 1.62. The van der Waals surface area contributed by atoms with E-state index in [1.807, 2.05) is 41.8 Å². The van der Waals surface area contributed by atoms with Crippen molar-refractivity contribution in [2.24, 2.45) is 5.92 Å². The zero-order chi connectivity index (χ0) is 17.8. The van der Waals surface area contributed by atoms with E-state index < -0.39 is 5.97 Å². The van der Waals surface area contributed by atoms with E-state index in [9.17, 15) is 14.7 Å². The van der Waals surface area contributed by atoms with Crippen LogP contribution >= 0.6 is 11.8 Å². The van der Waals surface area contributed by atoms with Crippen LogP contribution in [0.4, 0.5) is 0 Å². The molecule has 0 radical (unpaired) electrons. The molecule has 1 atom stereocenters. The number of benzene rings is 2. The lowest BCUT2D eigenvalue weighted by Gasteiger charge is -2.17. The molecule has 2 aromatic carbocycles. The van der Waals surface area contributed by atoms with Crippen molar-refractivity contribution in [1.29, 1.82) is 0 Å². The molecule has 0 bridgehead atoms. The molecule has 0 aliphatic carbocycles. The van der Waals surface area contributed by atoms with Crippen LogP contribution in [0.1, 0.15) is 32.7 Å². The maximum atomic E-state index is 12.7. The molecule has 2 aromatic rings. The summed E-state index contributed by atoms with van der Waals surface area (Å²) < 4.78 is 0. The second-order valence-electron chi connectivity index (χ2n) is 6.42. The molecule has 1 fully saturated rings. The van der Waals surface area contributed by atoms with Gasteiger partial charge in [0.05, 0.1) is 5.56 Å². The molecule has 1 aliphatic rings. The van der Waals surface area contributed by atoms with Crippen molar-refractivity contribution in [1.82, 2.24) is 4.90 Å². The van der Waals surface area contributed by atoms with Gasteiger partial charge in [-0.25, -0.2) is 4.79 Å². The number of hydrogen-bond acceptors (Lipinski definition) is 3. The molecule has 4 nitrogen and oxygen atoms in total. The van der Waals surface area contributed by atoms with Gasteiger partial charge in [-0.1, -0.05) is 18.2 Å². The number of carbonyl (C=O) groups excluding carboxylic acids is 1. The van der Waals surface area contributed by atoms with E-state index in [4.69, 9.17) is 0 Å². The molecule has 130 valence electrons. The lowest BCUT2D eigenvalue weighted by Crippen LogP contribution is -2.29. The van der Waals surface area contributed by atoms with Crippen molar-refractivity contribution >= 4 is 23.6 Å². The molecular formula is C20H21NO3S. The maximum absolute atomic E-state index is 12.7. The Morgan fingerprint density at radius 2 is 1.88 bits per heavy atom. The predicted octanol–water partition coefficient (Wildman–Crippen LogP) is 3.95. The van der Waals surface area contributed by atoms with Gasteiger partial charge in [0.2, 0.25) is 0 Å².